The summed E-state index contributed by atoms with van der Waals surface area (Å²) in [4.78, 5) is 16.0. The predicted molar refractivity (Wildman–Crippen MR) is 100 cm³/mol. The van der Waals surface area contributed by atoms with Crippen LogP contribution in [0, 0.1) is 0 Å². The number of esters is 1. The molecule has 0 amide bonds. The Hall–Kier alpha value is -2.83. The molecular formula is C21H21F3N2O2. The summed E-state index contributed by atoms with van der Waals surface area (Å²) in [6.07, 6.45) is -1.85. The number of imidazole rings is 1. The molecular weight excluding hydrogens is 369 g/mol. The van der Waals surface area contributed by atoms with Crippen LogP contribution in [0.4, 0.5) is 13.2 Å². The van der Waals surface area contributed by atoms with Crippen molar-refractivity contribution in [1.29, 1.82) is 0 Å². The van der Waals surface area contributed by atoms with Gasteiger partial charge < -0.3 is 9.30 Å². The van der Waals surface area contributed by atoms with Gasteiger partial charge in [-0.15, -0.1) is 0 Å². The van der Waals surface area contributed by atoms with Crippen LogP contribution in [0.3, 0.4) is 0 Å². The number of carbonyl (C=O) groups excluding carboxylic acids is 1. The molecule has 0 aliphatic rings. The molecule has 1 heterocycles. The van der Waals surface area contributed by atoms with E-state index in [1.807, 2.05) is 16.7 Å². The number of fused-ring (bicyclic) bond motifs is 1. The number of methoxy groups -OCH3 is 1. The van der Waals surface area contributed by atoms with Crippen molar-refractivity contribution in [2.75, 3.05) is 7.11 Å². The summed E-state index contributed by atoms with van der Waals surface area (Å²) in [5.74, 6) is 0.344. The minimum absolute atomic E-state index is 0.340. The average Bonchev–Trinajstić information content (AvgIpc) is 3.02. The van der Waals surface area contributed by atoms with E-state index in [1.165, 1.54) is 13.2 Å². The number of alkyl halides is 3. The zero-order valence-electron chi connectivity index (χ0n) is 15.7. The number of rotatable bonds is 6. The van der Waals surface area contributed by atoms with E-state index in [0.29, 0.717) is 29.6 Å². The summed E-state index contributed by atoms with van der Waals surface area (Å²) < 4.78 is 45.7. The van der Waals surface area contributed by atoms with Crippen LogP contribution in [0.5, 0.6) is 0 Å². The minimum atomic E-state index is -4.40. The Morgan fingerprint density at radius 1 is 1.14 bits per heavy atom. The van der Waals surface area contributed by atoms with Gasteiger partial charge in [0, 0.05) is 13.0 Å². The van der Waals surface area contributed by atoms with Gasteiger partial charge in [0.1, 0.15) is 5.82 Å². The van der Waals surface area contributed by atoms with Gasteiger partial charge in [-0.3, -0.25) is 0 Å². The number of ether oxygens (including phenoxy) is 1. The Kier molecular flexibility index (Phi) is 5.72. The maximum absolute atomic E-state index is 13.0. The van der Waals surface area contributed by atoms with Gasteiger partial charge in [0.25, 0.3) is 0 Å². The van der Waals surface area contributed by atoms with Crippen molar-refractivity contribution < 1.29 is 22.7 Å². The van der Waals surface area contributed by atoms with Crippen LogP contribution in [0.1, 0.15) is 47.1 Å². The molecule has 0 unspecified atom stereocenters. The first-order valence-corrected chi connectivity index (χ1v) is 9.07. The molecule has 0 radical (unpaired) electrons. The highest BCUT2D eigenvalue weighted by molar-refractivity contribution is 5.89. The van der Waals surface area contributed by atoms with Gasteiger partial charge in [-0.1, -0.05) is 25.5 Å². The Morgan fingerprint density at radius 2 is 1.86 bits per heavy atom. The van der Waals surface area contributed by atoms with E-state index in [-0.39, 0.29) is 0 Å². The van der Waals surface area contributed by atoms with Crippen LogP contribution in [0.15, 0.2) is 42.5 Å². The third-order valence-corrected chi connectivity index (χ3v) is 4.62. The van der Waals surface area contributed by atoms with Crippen molar-refractivity contribution in [3.05, 3.63) is 65.0 Å². The van der Waals surface area contributed by atoms with Crippen LogP contribution >= 0.6 is 0 Å². The molecule has 0 aliphatic carbocycles. The maximum Gasteiger partial charge on any atom is 0.416 e. The fourth-order valence-electron chi connectivity index (χ4n) is 3.10. The predicted octanol–water partition coefficient (Wildman–Crippen LogP) is 5.23. The number of aryl methyl sites for hydroxylation is 1. The standard InChI is InChI=1S/C21H21F3N2O2/c1-3-4-5-19-25-17-12-16(21(22,23)24)10-11-18(17)26(19)13-14-6-8-15(9-7-14)20(27)28-2/h6-12H,3-5,13H2,1-2H3. The first-order chi connectivity index (χ1) is 13.3. The van der Waals surface area contributed by atoms with E-state index in [1.54, 1.807) is 12.1 Å². The molecule has 0 saturated carbocycles. The van der Waals surface area contributed by atoms with Gasteiger partial charge in [-0.25, -0.2) is 9.78 Å². The van der Waals surface area contributed by atoms with E-state index in [2.05, 4.69) is 11.9 Å². The molecule has 4 nitrogen and oxygen atoms in total. The molecule has 2 aromatic carbocycles. The zero-order valence-corrected chi connectivity index (χ0v) is 15.7. The van der Waals surface area contributed by atoms with Gasteiger partial charge in [-0.05, 0) is 42.3 Å². The molecule has 7 heteroatoms. The molecule has 1 aromatic heterocycles. The summed E-state index contributed by atoms with van der Waals surface area (Å²) >= 11 is 0. The van der Waals surface area contributed by atoms with Crippen LogP contribution in [-0.2, 0) is 23.9 Å². The molecule has 148 valence electrons. The van der Waals surface area contributed by atoms with Crippen molar-refractivity contribution in [3.8, 4) is 0 Å². The first-order valence-electron chi connectivity index (χ1n) is 9.07. The van der Waals surface area contributed by atoms with Crippen molar-refractivity contribution >= 4 is 17.0 Å². The Bertz CT molecular complexity index is 976. The molecule has 0 spiro atoms. The second kappa shape index (κ2) is 8.04. The topological polar surface area (TPSA) is 44.1 Å². The number of carbonyl (C=O) groups is 1. The van der Waals surface area contributed by atoms with Crippen LogP contribution in [0.25, 0.3) is 11.0 Å². The van der Waals surface area contributed by atoms with Crippen molar-refractivity contribution in [1.82, 2.24) is 9.55 Å². The molecule has 0 bridgehead atoms. The molecule has 3 rings (SSSR count). The average molecular weight is 390 g/mol. The summed E-state index contributed by atoms with van der Waals surface area (Å²) in [5, 5.41) is 0. The zero-order chi connectivity index (χ0) is 20.3. The summed E-state index contributed by atoms with van der Waals surface area (Å²) in [6.45, 7) is 2.52. The fourth-order valence-corrected chi connectivity index (χ4v) is 3.10. The Morgan fingerprint density at radius 3 is 2.46 bits per heavy atom. The third-order valence-electron chi connectivity index (χ3n) is 4.62. The lowest BCUT2D eigenvalue weighted by molar-refractivity contribution is -0.137. The van der Waals surface area contributed by atoms with Gasteiger partial charge in [0.2, 0.25) is 0 Å². The van der Waals surface area contributed by atoms with Crippen molar-refractivity contribution in [2.24, 2.45) is 0 Å². The first kappa shape index (κ1) is 19.9. The molecule has 0 saturated heterocycles. The monoisotopic (exact) mass is 390 g/mol. The van der Waals surface area contributed by atoms with Gasteiger partial charge >= 0.3 is 12.1 Å². The van der Waals surface area contributed by atoms with E-state index in [9.17, 15) is 18.0 Å². The van der Waals surface area contributed by atoms with E-state index < -0.39 is 17.7 Å². The Labute approximate surface area is 161 Å². The second-order valence-electron chi connectivity index (χ2n) is 6.61. The molecule has 0 aliphatic heterocycles. The number of aromatic nitrogens is 2. The number of unbranched alkanes of at least 4 members (excludes halogenated alkanes) is 1. The highest BCUT2D eigenvalue weighted by Crippen LogP contribution is 2.32. The number of benzene rings is 2. The molecule has 0 N–H and O–H groups in total. The van der Waals surface area contributed by atoms with E-state index >= 15 is 0 Å². The SMILES string of the molecule is CCCCc1nc2cc(C(F)(F)F)ccc2n1Cc1ccc(C(=O)OC)cc1. The van der Waals surface area contributed by atoms with Crippen molar-refractivity contribution in [3.63, 3.8) is 0 Å². The number of hydrogen-bond donors (Lipinski definition) is 0. The molecule has 0 fully saturated rings. The smallest absolute Gasteiger partial charge is 0.416 e. The lowest BCUT2D eigenvalue weighted by Crippen LogP contribution is -2.07. The summed E-state index contributed by atoms with van der Waals surface area (Å²) in [6, 6.07) is 10.6. The minimum Gasteiger partial charge on any atom is -0.465 e. The second-order valence-corrected chi connectivity index (χ2v) is 6.61. The highest BCUT2D eigenvalue weighted by atomic mass is 19.4. The van der Waals surface area contributed by atoms with Crippen LogP contribution in [-0.4, -0.2) is 22.6 Å². The fraction of sp³-hybridized carbons (Fsp3) is 0.333. The van der Waals surface area contributed by atoms with Crippen LogP contribution < -0.4 is 0 Å². The van der Waals surface area contributed by atoms with E-state index in [0.717, 1.165) is 36.4 Å². The van der Waals surface area contributed by atoms with Crippen LogP contribution in [0.2, 0.25) is 0 Å². The normalized spacial score (nSPS) is 11.8. The van der Waals surface area contributed by atoms with Gasteiger partial charge in [0.05, 0.1) is 29.3 Å². The lowest BCUT2D eigenvalue weighted by atomic mass is 10.1. The summed E-state index contributed by atoms with van der Waals surface area (Å²) in [7, 11) is 1.32. The lowest BCUT2D eigenvalue weighted by Gasteiger charge is -2.11. The number of nitrogens with zero attached hydrogens (tertiary/aromatic N) is 2. The molecule has 28 heavy (non-hydrogen) atoms. The Balaban J connectivity index is 1.98. The molecule has 0 atom stereocenters. The quantitative estimate of drug-likeness (QED) is 0.541. The number of halogens is 3. The number of hydrogen-bond acceptors (Lipinski definition) is 3. The van der Waals surface area contributed by atoms with Gasteiger partial charge in [0.15, 0.2) is 0 Å². The molecule has 3 aromatic rings. The largest absolute Gasteiger partial charge is 0.465 e. The summed E-state index contributed by atoms with van der Waals surface area (Å²) in [5.41, 5.74) is 1.67. The third kappa shape index (κ3) is 4.18. The maximum atomic E-state index is 13.0. The van der Waals surface area contributed by atoms with Gasteiger partial charge in [-0.2, -0.15) is 13.2 Å². The highest BCUT2D eigenvalue weighted by Gasteiger charge is 2.31. The van der Waals surface area contributed by atoms with Crippen molar-refractivity contribution in [2.45, 2.75) is 38.9 Å². The van der Waals surface area contributed by atoms with E-state index in [4.69, 9.17) is 4.74 Å².